The molecule has 0 aromatic heterocycles. The number of nitrogens with two attached hydrogens (primary N) is 1. The molecule has 2 aromatic rings. The van der Waals surface area contributed by atoms with Gasteiger partial charge in [-0.15, -0.1) is 0 Å². The highest BCUT2D eigenvalue weighted by atomic mass is 16.5. The van der Waals surface area contributed by atoms with Crippen molar-refractivity contribution in [1.29, 1.82) is 0 Å². The number of piperidine rings is 1. The van der Waals surface area contributed by atoms with Crippen LogP contribution in [0, 0.1) is 0 Å². The van der Waals surface area contributed by atoms with Crippen LogP contribution in [0.3, 0.4) is 0 Å². The van der Waals surface area contributed by atoms with Crippen molar-refractivity contribution in [2.24, 2.45) is 5.73 Å². The number of amides is 1. The number of anilines is 1. The maximum atomic E-state index is 11.5. The molecule has 3 N–H and O–H groups in total. The Labute approximate surface area is 183 Å². The standard InChI is InChI=1S/C24H31N3O4/c1-17(28)26-21-8-7-20(29-2)13-23(21)30-16-19(25)15-27-11-9-24(10-12-27)14-18-5-3-4-6-22(18)31-24/h3-8,13,19H,9-12,14-16,25H2,1-2H3,(H,26,28)/t19-/m1/s1. The largest absolute Gasteiger partial charge is 0.497 e. The van der Waals surface area contributed by atoms with Crippen molar-refractivity contribution in [3.8, 4) is 17.2 Å². The van der Waals surface area contributed by atoms with Gasteiger partial charge < -0.3 is 30.2 Å². The number of likely N-dealkylation sites (tertiary alicyclic amines) is 1. The molecule has 7 nitrogen and oxygen atoms in total. The van der Waals surface area contributed by atoms with E-state index in [2.05, 4.69) is 28.4 Å². The van der Waals surface area contributed by atoms with Crippen LogP contribution < -0.4 is 25.3 Å². The van der Waals surface area contributed by atoms with E-state index < -0.39 is 0 Å². The first-order valence-electron chi connectivity index (χ1n) is 10.8. The van der Waals surface area contributed by atoms with E-state index in [1.807, 2.05) is 6.07 Å². The Hall–Kier alpha value is -2.77. The van der Waals surface area contributed by atoms with E-state index in [4.69, 9.17) is 19.9 Å². The van der Waals surface area contributed by atoms with Crippen molar-refractivity contribution >= 4 is 11.6 Å². The summed E-state index contributed by atoms with van der Waals surface area (Å²) in [5.41, 5.74) is 8.23. The van der Waals surface area contributed by atoms with E-state index in [-0.39, 0.29) is 17.6 Å². The zero-order valence-electron chi connectivity index (χ0n) is 18.2. The second kappa shape index (κ2) is 9.16. The number of fused-ring (bicyclic) bond motifs is 1. The van der Waals surface area contributed by atoms with Gasteiger partial charge in [0, 0.05) is 51.9 Å². The van der Waals surface area contributed by atoms with Gasteiger partial charge in [-0.25, -0.2) is 0 Å². The number of methoxy groups -OCH3 is 1. The number of nitrogens with zero attached hydrogens (tertiary/aromatic N) is 1. The van der Waals surface area contributed by atoms with Gasteiger partial charge in [0.25, 0.3) is 0 Å². The number of hydrogen-bond donors (Lipinski definition) is 2. The molecular formula is C24H31N3O4. The van der Waals surface area contributed by atoms with Crippen molar-refractivity contribution in [2.45, 2.75) is 37.8 Å². The molecule has 0 aliphatic carbocycles. The first kappa shape index (κ1) is 21.5. The Bertz CT molecular complexity index is 898. The second-order valence-corrected chi connectivity index (χ2v) is 8.48. The van der Waals surface area contributed by atoms with Crippen LogP contribution in [0.25, 0.3) is 0 Å². The van der Waals surface area contributed by atoms with E-state index in [1.54, 1.807) is 25.3 Å². The molecule has 0 radical (unpaired) electrons. The number of rotatable bonds is 7. The van der Waals surface area contributed by atoms with Gasteiger partial charge >= 0.3 is 0 Å². The number of nitrogens with one attached hydrogen (secondary N) is 1. The predicted octanol–water partition coefficient (Wildman–Crippen LogP) is 2.83. The Kier molecular flexibility index (Phi) is 6.34. The molecule has 0 bridgehead atoms. The summed E-state index contributed by atoms with van der Waals surface area (Å²) in [7, 11) is 1.60. The van der Waals surface area contributed by atoms with Gasteiger partial charge in [0.05, 0.1) is 18.8 Å². The topological polar surface area (TPSA) is 86.0 Å². The molecule has 2 aliphatic heterocycles. The average molecular weight is 426 g/mol. The Balaban J connectivity index is 1.28. The van der Waals surface area contributed by atoms with Gasteiger partial charge in [0.15, 0.2) is 0 Å². The lowest BCUT2D eigenvalue weighted by molar-refractivity contribution is -0.114. The Morgan fingerprint density at radius 3 is 2.74 bits per heavy atom. The summed E-state index contributed by atoms with van der Waals surface area (Å²) in [6, 6.07) is 13.5. The second-order valence-electron chi connectivity index (χ2n) is 8.48. The zero-order chi connectivity index (χ0) is 21.8. The van der Waals surface area contributed by atoms with Crippen molar-refractivity contribution in [3.05, 3.63) is 48.0 Å². The van der Waals surface area contributed by atoms with Gasteiger partial charge in [-0.2, -0.15) is 0 Å². The first-order valence-corrected chi connectivity index (χ1v) is 10.8. The highest BCUT2D eigenvalue weighted by Crippen LogP contribution is 2.40. The van der Waals surface area contributed by atoms with Crippen LogP contribution in [0.15, 0.2) is 42.5 Å². The fourth-order valence-corrected chi connectivity index (χ4v) is 4.41. The van der Waals surface area contributed by atoms with Crippen LogP contribution in [0.1, 0.15) is 25.3 Å². The van der Waals surface area contributed by atoms with E-state index in [0.717, 1.165) is 44.6 Å². The highest BCUT2D eigenvalue weighted by Gasteiger charge is 2.41. The molecule has 2 aromatic carbocycles. The number of benzene rings is 2. The summed E-state index contributed by atoms with van der Waals surface area (Å²) in [6.45, 7) is 4.48. The Morgan fingerprint density at radius 1 is 1.26 bits per heavy atom. The number of ether oxygens (including phenoxy) is 3. The summed E-state index contributed by atoms with van der Waals surface area (Å²) in [4.78, 5) is 13.8. The number of para-hydroxylation sites is 1. The predicted molar refractivity (Wildman–Crippen MR) is 120 cm³/mol. The molecule has 1 spiro atoms. The summed E-state index contributed by atoms with van der Waals surface area (Å²) < 4.78 is 17.5. The molecule has 1 saturated heterocycles. The lowest BCUT2D eigenvalue weighted by Gasteiger charge is -2.39. The zero-order valence-corrected chi connectivity index (χ0v) is 18.2. The molecule has 2 aliphatic rings. The third-order valence-corrected chi connectivity index (χ3v) is 6.02. The number of carbonyl (C=O) groups is 1. The van der Waals surface area contributed by atoms with Gasteiger partial charge in [-0.05, 0) is 23.8 Å². The molecule has 2 heterocycles. The summed E-state index contributed by atoms with van der Waals surface area (Å²) in [5, 5.41) is 2.78. The van der Waals surface area contributed by atoms with Gasteiger partial charge in [0.2, 0.25) is 5.91 Å². The summed E-state index contributed by atoms with van der Waals surface area (Å²) >= 11 is 0. The van der Waals surface area contributed by atoms with E-state index in [0.29, 0.717) is 23.8 Å². The third-order valence-electron chi connectivity index (χ3n) is 6.02. The van der Waals surface area contributed by atoms with Crippen molar-refractivity contribution in [1.82, 2.24) is 4.90 Å². The molecule has 1 fully saturated rings. The molecule has 166 valence electrons. The van der Waals surface area contributed by atoms with E-state index in [9.17, 15) is 4.79 Å². The minimum Gasteiger partial charge on any atom is -0.497 e. The van der Waals surface area contributed by atoms with Crippen LogP contribution in [0.5, 0.6) is 17.2 Å². The first-order chi connectivity index (χ1) is 15.0. The van der Waals surface area contributed by atoms with Crippen LogP contribution in [-0.2, 0) is 11.2 Å². The molecule has 7 heteroatoms. The lowest BCUT2D eigenvalue weighted by atomic mass is 9.87. The monoisotopic (exact) mass is 425 g/mol. The van der Waals surface area contributed by atoms with Crippen LogP contribution in [-0.4, -0.2) is 55.8 Å². The van der Waals surface area contributed by atoms with Gasteiger partial charge in [-0.3, -0.25) is 4.79 Å². The lowest BCUT2D eigenvalue weighted by Crippen LogP contribution is -2.51. The molecule has 1 atom stereocenters. The van der Waals surface area contributed by atoms with Crippen molar-refractivity contribution in [2.75, 3.05) is 38.7 Å². The van der Waals surface area contributed by atoms with Crippen molar-refractivity contribution in [3.63, 3.8) is 0 Å². The Morgan fingerprint density at radius 2 is 2.03 bits per heavy atom. The van der Waals surface area contributed by atoms with E-state index >= 15 is 0 Å². The third kappa shape index (κ3) is 5.11. The maximum Gasteiger partial charge on any atom is 0.221 e. The van der Waals surface area contributed by atoms with Crippen LogP contribution in [0.4, 0.5) is 5.69 Å². The SMILES string of the molecule is COc1ccc(NC(C)=O)c(OC[C@H](N)CN2CCC3(CC2)Cc2ccccc2O3)c1. The van der Waals surface area contributed by atoms with Crippen LogP contribution in [0.2, 0.25) is 0 Å². The molecule has 31 heavy (non-hydrogen) atoms. The van der Waals surface area contributed by atoms with Gasteiger partial charge in [-0.1, -0.05) is 18.2 Å². The van der Waals surface area contributed by atoms with Gasteiger partial charge in [0.1, 0.15) is 29.5 Å². The van der Waals surface area contributed by atoms with Crippen molar-refractivity contribution < 1.29 is 19.0 Å². The highest BCUT2D eigenvalue weighted by molar-refractivity contribution is 5.90. The quantitative estimate of drug-likeness (QED) is 0.710. The minimum absolute atomic E-state index is 0.0609. The molecule has 0 saturated carbocycles. The fourth-order valence-electron chi connectivity index (χ4n) is 4.41. The summed E-state index contributed by atoms with van der Waals surface area (Å²) in [5.74, 6) is 2.10. The number of carbonyl (C=O) groups excluding carboxylic acids is 1. The van der Waals surface area contributed by atoms with Crippen LogP contribution >= 0.6 is 0 Å². The smallest absolute Gasteiger partial charge is 0.221 e. The minimum atomic E-state index is -0.155. The normalized spacial score (nSPS) is 18.2. The average Bonchev–Trinajstić information content (AvgIpc) is 3.12. The van der Waals surface area contributed by atoms with E-state index in [1.165, 1.54) is 12.5 Å². The molecular weight excluding hydrogens is 394 g/mol. The number of hydrogen-bond acceptors (Lipinski definition) is 6. The molecule has 1 amide bonds. The summed E-state index contributed by atoms with van der Waals surface area (Å²) in [6.07, 6.45) is 2.99. The molecule has 0 unspecified atom stereocenters. The fraction of sp³-hybridized carbons (Fsp3) is 0.458. The molecule has 4 rings (SSSR count). The maximum absolute atomic E-state index is 11.5.